The first-order valence-corrected chi connectivity index (χ1v) is 7.88. The Morgan fingerprint density at radius 1 is 0.889 bits per heavy atom. The van der Waals surface area contributed by atoms with E-state index < -0.39 is 24.3 Å². The van der Waals surface area contributed by atoms with Crippen LogP contribution in [0.2, 0.25) is 0 Å². The summed E-state index contributed by atoms with van der Waals surface area (Å²) in [6.45, 7) is -0.487. The fraction of sp³-hybridized carbons (Fsp3) is 0.0500. The number of benzene rings is 2. The van der Waals surface area contributed by atoms with Crippen LogP contribution < -0.4 is 4.74 Å². The Kier molecular flexibility index (Phi) is 5.32. The molecule has 0 aliphatic rings. The summed E-state index contributed by atoms with van der Waals surface area (Å²) in [6, 6.07) is 14.7. The summed E-state index contributed by atoms with van der Waals surface area (Å²) in [5, 5.41) is 9.60. The van der Waals surface area contributed by atoms with Gasteiger partial charge in [-0.05, 0) is 48.5 Å². The Morgan fingerprint density at radius 2 is 1.63 bits per heavy atom. The molecule has 0 amide bonds. The van der Waals surface area contributed by atoms with E-state index >= 15 is 0 Å². The molecule has 0 fully saturated rings. The summed E-state index contributed by atoms with van der Waals surface area (Å²) in [4.78, 5) is 35.8. The third-order valence-electron chi connectivity index (χ3n) is 3.57. The molecule has 0 bridgehead atoms. The third kappa shape index (κ3) is 4.40. The highest BCUT2D eigenvalue weighted by Crippen LogP contribution is 2.18. The Bertz CT molecular complexity index is 956. The van der Waals surface area contributed by atoms with Gasteiger partial charge in [0.2, 0.25) is 5.76 Å². The number of aromatic hydroxyl groups is 1. The van der Waals surface area contributed by atoms with E-state index in [9.17, 15) is 19.5 Å². The number of esters is 2. The zero-order valence-electron chi connectivity index (χ0n) is 14.0. The Balaban J connectivity index is 1.57. The van der Waals surface area contributed by atoms with E-state index in [1.807, 2.05) is 0 Å². The molecule has 1 N–H and O–H groups in total. The number of Topliss-reactive ketones (excluding diaryl/α,β-unsaturated/α-hetero) is 1. The van der Waals surface area contributed by atoms with Crippen LogP contribution in [-0.4, -0.2) is 29.4 Å². The van der Waals surface area contributed by atoms with Crippen molar-refractivity contribution in [3.05, 3.63) is 83.8 Å². The van der Waals surface area contributed by atoms with Crippen molar-refractivity contribution in [2.75, 3.05) is 6.61 Å². The number of carbonyl (C=O) groups is 3. The standard InChI is InChI=1S/C20H14O7/c21-16-5-2-1-4-15(16)19(23)26-12-17(22)13-7-9-14(10-8-13)27-20(24)18-6-3-11-25-18/h1-11,21H,12H2. The summed E-state index contributed by atoms with van der Waals surface area (Å²) in [7, 11) is 0. The van der Waals surface area contributed by atoms with Crippen LogP contribution in [0.5, 0.6) is 11.5 Å². The van der Waals surface area contributed by atoms with Crippen LogP contribution in [0.3, 0.4) is 0 Å². The van der Waals surface area contributed by atoms with Crippen LogP contribution in [0.15, 0.2) is 71.3 Å². The van der Waals surface area contributed by atoms with Crippen molar-refractivity contribution in [1.29, 1.82) is 0 Å². The van der Waals surface area contributed by atoms with Crippen LogP contribution in [0.4, 0.5) is 0 Å². The molecule has 1 aromatic heterocycles. The maximum atomic E-state index is 12.1. The number of phenolic OH excluding ortho intramolecular Hbond substituents is 1. The fourth-order valence-electron chi connectivity index (χ4n) is 2.20. The van der Waals surface area contributed by atoms with Crippen LogP contribution in [-0.2, 0) is 4.74 Å². The molecule has 2 aromatic carbocycles. The van der Waals surface area contributed by atoms with E-state index in [2.05, 4.69) is 0 Å². The van der Waals surface area contributed by atoms with Crippen molar-refractivity contribution >= 4 is 17.7 Å². The predicted octanol–water partition coefficient (Wildman–Crippen LogP) is 3.24. The van der Waals surface area contributed by atoms with Crippen LogP contribution in [0.1, 0.15) is 31.3 Å². The zero-order valence-corrected chi connectivity index (χ0v) is 14.0. The van der Waals surface area contributed by atoms with Gasteiger partial charge >= 0.3 is 11.9 Å². The first kappa shape index (κ1) is 17.9. The first-order chi connectivity index (χ1) is 13.0. The molecule has 7 nitrogen and oxygen atoms in total. The maximum absolute atomic E-state index is 12.1. The van der Waals surface area contributed by atoms with E-state index in [-0.39, 0.29) is 28.4 Å². The van der Waals surface area contributed by atoms with E-state index in [1.54, 1.807) is 18.2 Å². The fourth-order valence-corrected chi connectivity index (χ4v) is 2.20. The van der Waals surface area contributed by atoms with E-state index in [0.717, 1.165) is 0 Å². The van der Waals surface area contributed by atoms with Crippen molar-refractivity contribution in [2.24, 2.45) is 0 Å². The van der Waals surface area contributed by atoms with Gasteiger partial charge in [0, 0.05) is 5.56 Å². The number of carbonyl (C=O) groups excluding carboxylic acids is 3. The highest BCUT2D eigenvalue weighted by Gasteiger charge is 2.15. The van der Waals surface area contributed by atoms with Gasteiger partial charge in [0.1, 0.15) is 17.1 Å². The lowest BCUT2D eigenvalue weighted by Crippen LogP contribution is -2.14. The molecule has 0 unspecified atom stereocenters. The van der Waals surface area contributed by atoms with Crippen LogP contribution in [0, 0.1) is 0 Å². The van der Waals surface area contributed by atoms with Crippen molar-refractivity contribution in [3.8, 4) is 11.5 Å². The minimum Gasteiger partial charge on any atom is -0.507 e. The second-order valence-corrected chi connectivity index (χ2v) is 5.41. The van der Waals surface area contributed by atoms with Gasteiger partial charge in [-0.3, -0.25) is 4.79 Å². The van der Waals surface area contributed by atoms with Gasteiger partial charge in [-0.1, -0.05) is 12.1 Å². The lowest BCUT2D eigenvalue weighted by atomic mass is 10.1. The van der Waals surface area contributed by atoms with Gasteiger partial charge < -0.3 is 19.0 Å². The summed E-state index contributed by atoms with van der Waals surface area (Å²) < 4.78 is 15.0. The maximum Gasteiger partial charge on any atom is 0.379 e. The highest BCUT2D eigenvalue weighted by atomic mass is 16.5. The van der Waals surface area contributed by atoms with Gasteiger partial charge in [-0.2, -0.15) is 0 Å². The number of furan rings is 1. The lowest BCUT2D eigenvalue weighted by Gasteiger charge is -2.06. The molecule has 27 heavy (non-hydrogen) atoms. The van der Waals surface area contributed by atoms with Gasteiger partial charge in [-0.25, -0.2) is 9.59 Å². The zero-order chi connectivity index (χ0) is 19.2. The molecule has 3 rings (SSSR count). The predicted molar refractivity (Wildman–Crippen MR) is 92.8 cm³/mol. The molecule has 0 saturated carbocycles. The number of hydrogen-bond donors (Lipinski definition) is 1. The molecule has 0 radical (unpaired) electrons. The van der Waals surface area contributed by atoms with Crippen molar-refractivity contribution in [2.45, 2.75) is 0 Å². The molecule has 1 heterocycles. The highest BCUT2D eigenvalue weighted by molar-refractivity contribution is 6.00. The molecule has 7 heteroatoms. The number of phenols is 1. The average Bonchev–Trinajstić information content (AvgIpc) is 3.22. The number of ketones is 1. The number of hydrogen-bond acceptors (Lipinski definition) is 7. The average molecular weight is 366 g/mol. The van der Waals surface area contributed by atoms with Crippen molar-refractivity contribution in [3.63, 3.8) is 0 Å². The van der Waals surface area contributed by atoms with E-state index in [4.69, 9.17) is 13.9 Å². The van der Waals surface area contributed by atoms with Crippen molar-refractivity contribution in [1.82, 2.24) is 0 Å². The first-order valence-electron chi connectivity index (χ1n) is 7.88. The summed E-state index contributed by atoms with van der Waals surface area (Å²) >= 11 is 0. The van der Waals surface area contributed by atoms with E-state index in [0.29, 0.717) is 0 Å². The normalized spacial score (nSPS) is 10.2. The lowest BCUT2D eigenvalue weighted by molar-refractivity contribution is 0.0471. The van der Waals surface area contributed by atoms with Gasteiger partial charge in [-0.15, -0.1) is 0 Å². The number of rotatable bonds is 6. The molecule has 0 atom stereocenters. The Labute approximate surface area is 153 Å². The number of ether oxygens (including phenoxy) is 2. The minimum absolute atomic E-state index is 0.0227. The van der Waals surface area contributed by atoms with Crippen LogP contribution in [0.25, 0.3) is 0 Å². The van der Waals surface area contributed by atoms with Gasteiger partial charge in [0.15, 0.2) is 12.4 Å². The third-order valence-corrected chi connectivity index (χ3v) is 3.57. The monoisotopic (exact) mass is 366 g/mol. The second-order valence-electron chi connectivity index (χ2n) is 5.41. The van der Waals surface area contributed by atoms with Gasteiger partial charge in [0.05, 0.1) is 6.26 Å². The van der Waals surface area contributed by atoms with E-state index in [1.165, 1.54) is 48.7 Å². The Hall–Kier alpha value is -3.87. The second kappa shape index (κ2) is 8.01. The molecular weight excluding hydrogens is 352 g/mol. The molecular formula is C20H14O7. The molecule has 0 spiro atoms. The Morgan fingerprint density at radius 3 is 2.30 bits per heavy atom. The summed E-state index contributed by atoms with van der Waals surface area (Å²) in [5.41, 5.74) is 0.253. The van der Waals surface area contributed by atoms with Gasteiger partial charge in [0.25, 0.3) is 0 Å². The summed E-state index contributed by atoms with van der Waals surface area (Å²) in [6.07, 6.45) is 1.36. The number of para-hydroxylation sites is 1. The molecule has 0 aliphatic heterocycles. The SMILES string of the molecule is O=C(COC(=O)c1ccccc1O)c1ccc(OC(=O)c2ccco2)cc1. The topological polar surface area (TPSA) is 103 Å². The quantitative estimate of drug-likeness (QED) is 0.406. The summed E-state index contributed by atoms with van der Waals surface area (Å²) in [5.74, 6) is -1.83. The largest absolute Gasteiger partial charge is 0.507 e. The van der Waals surface area contributed by atoms with Crippen molar-refractivity contribution < 1.29 is 33.4 Å². The van der Waals surface area contributed by atoms with Crippen LogP contribution >= 0.6 is 0 Å². The molecule has 136 valence electrons. The molecule has 0 aliphatic carbocycles. The molecule has 0 saturated heterocycles. The molecule has 3 aromatic rings. The smallest absolute Gasteiger partial charge is 0.379 e. The minimum atomic E-state index is -0.801.